The zero-order valence-corrected chi connectivity index (χ0v) is 16.6. The third kappa shape index (κ3) is 4.17. The Morgan fingerprint density at radius 1 is 0.931 bits per heavy atom. The van der Waals surface area contributed by atoms with Crippen molar-refractivity contribution in [1.82, 2.24) is 4.98 Å². The lowest BCUT2D eigenvalue weighted by Gasteiger charge is -2.20. The average molecular weight is 402 g/mol. The van der Waals surface area contributed by atoms with Crippen LogP contribution in [0.15, 0.2) is 78.9 Å². The summed E-state index contributed by atoms with van der Waals surface area (Å²) >= 11 is 1.43. The van der Waals surface area contributed by atoms with E-state index in [1.165, 1.54) is 23.2 Å². The second kappa shape index (κ2) is 8.24. The Hall–Kier alpha value is -3.51. The van der Waals surface area contributed by atoms with Crippen LogP contribution in [0, 0.1) is 0 Å². The zero-order chi connectivity index (χ0) is 20.2. The topological polar surface area (TPSA) is 59.5 Å². The van der Waals surface area contributed by atoms with Crippen molar-refractivity contribution in [3.05, 3.63) is 84.4 Å². The molecule has 29 heavy (non-hydrogen) atoms. The van der Waals surface area contributed by atoms with Crippen LogP contribution in [0.3, 0.4) is 0 Å². The number of anilines is 2. The summed E-state index contributed by atoms with van der Waals surface area (Å²) in [7, 11) is 0. The Labute approximate surface area is 172 Å². The van der Waals surface area contributed by atoms with Gasteiger partial charge in [-0.15, -0.1) is 0 Å². The van der Waals surface area contributed by atoms with Crippen molar-refractivity contribution in [2.24, 2.45) is 0 Å². The number of nitrogens with zero attached hydrogens (tertiary/aromatic N) is 2. The van der Waals surface area contributed by atoms with E-state index in [0.29, 0.717) is 22.1 Å². The van der Waals surface area contributed by atoms with Crippen molar-refractivity contribution >= 4 is 44.1 Å². The minimum atomic E-state index is -0.247. The minimum absolute atomic E-state index is 0.0261. The van der Waals surface area contributed by atoms with Gasteiger partial charge in [-0.3, -0.25) is 14.5 Å². The summed E-state index contributed by atoms with van der Waals surface area (Å²) in [6.07, 6.45) is 0. The molecule has 6 heteroatoms. The number of ether oxygens (including phenoxy) is 1. The number of carbonyl (C=O) groups is 2. The van der Waals surface area contributed by atoms with Gasteiger partial charge < -0.3 is 4.74 Å². The molecule has 3 aromatic carbocycles. The number of amides is 1. The maximum Gasteiger partial charge on any atom is 0.271 e. The predicted octanol–water partition coefficient (Wildman–Crippen LogP) is 5.24. The molecule has 1 aromatic heterocycles. The molecular weight excluding hydrogens is 384 g/mol. The fourth-order valence-corrected chi connectivity index (χ4v) is 3.89. The van der Waals surface area contributed by atoms with E-state index in [0.717, 1.165) is 10.2 Å². The lowest BCUT2D eigenvalue weighted by molar-refractivity contribution is -0.119. The molecule has 5 nitrogen and oxygen atoms in total. The van der Waals surface area contributed by atoms with Crippen LogP contribution in [0.5, 0.6) is 5.75 Å². The summed E-state index contributed by atoms with van der Waals surface area (Å²) in [5, 5.41) is 0.559. The molecule has 0 fully saturated rings. The molecule has 0 saturated heterocycles. The number of thiazole rings is 1. The Morgan fingerprint density at radius 2 is 1.62 bits per heavy atom. The highest BCUT2D eigenvalue weighted by Gasteiger charge is 2.22. The van der Waals surface area contributed by atoms with Gasteiger partial charge in [0.05, 0.1) is 15.9 Å². The van der Waals surface area contributed by atoms with Crippen LogP contribution in [0.4, 0.5) is 10.8 Å². The standard InChI is InChI=1S/C23H18N2O3S/c1-16(26)17-11-13-18(14-12-17)25(22(27)15-28-19-7-3-2-4-8-19)23-24-20-9-5-6-10-21(20)29-23/h2-14H,15H2,1H3. The summed E-state index contributed by atoms with van der Waals surface area (Å²) in [6, 6.07) is 23.9. The van der Waals surface area contributed by atoms with Crippen LogP contribution >= 0.6 is 11.3 Å². The molecule has 1 heterocycles. The summed E-state index contributed by atoms with van der Waals surface area (Å²) in [5.41, 5.74) is 2.05. The van der Waals surface area contributed by atoms with Crippen molar-refractivity contribution in [2.45, 2.75) is 6.92 Å². The van der Waals surface area contributed by atoms with Gasteiger partial charge in [0, 0.05) is 5.56 Å². The SMILES string of the molecule is CC(=O)c1ccc(N(C(=O)COc2ccccc2)c2nc3ccccc3s2)cc1. The first-order valence-electron chi connectivity index (χ1n) is 9.09. The van der Waals surface area contributed by atoms with Gasteiger partial charge in [0.1, 0.15) is 5.75 Å². The van der Waals surface area contributed by atoms with E-state index < -0.39 is 0 Å². The van der Waals surface area contributed by atoms with Gasteiger partial charge in [-0.05, 0) is 55.5 Å². The van der Waals surface area contributed by atoms with Crippen molar-refractivity contribution in [1.29, 1.82) is 0 Å². The van der Waals surface area contributed by atoms with E-state index in [1.807, 2.05) is 42.5 Å². The maximum atomic E-state index is 13.1. The molecule has 0 spiro atoms. The molecule has 0 saturated carbocycles. The average Bonchev–Trinajstić information content (AvgIpc) is 3.17. The second-order valence-corrected chi connectivity index (χ2v) is 7.41. The van der Waals surface area contributed by atoms with E-state index in [1.54, 1.807) is 36.4 Å². The van der Waals surface area contributed by atoms with E-state index in [4.69, 9.17) is 4.74 Å². The Bertz CT molecular complexity index is 1120. The molecule has 0 aliphatic carbocycles. The van der Waals surface area contributed by atoms with E-state index in [2.05, 4.69) is 4.98 Å². The molecule has 144 valence electrons. The number of benzene rings is 3. The minimum Gasteiger partial charge on any atom is -0.484 e. The van der Waals surface area contributed by atoms with Crippen molar-refractivity contribution < 1.29 is 14.3 Å². The van der Waals surface area contributed by atoms with Gasteiger partial charge >= 0.3 is 0 Å². The summed E-state index contributed by atoms with van der Waals surface area (Å²) in [4.78, 5) is 30.9. The van der Waals surface area contributed by atoms with Gasteiger partial charge in [-0.25, -0.2) is 4.98 Å². The maximum absolute atomic E-state index is 13.1. The van der Waals surface area contributed by atoms with Crippen LogP contribution in [-0.2, 0) is 4.79 Å². The third-order valence-electron chi connectivity index (χ3n) is 4.36. The highest BCUT2D eigenvalue weighted by Crippen LogP contribution is 2.33. The number of hydrogen-bond acceptors (Lipinski definition) is 5. The molecule has 4 aromatic rings. The number of rotatable bonds is 6. The van der Waals surface area contributed by atoms with Gasteiger partial charge in [0.2, 0.25) is 0 Å². The number of ketones is 1. The Morgan fingerprint density at radius 3 is 2.31 bits per heavy atom. The quantitative estimate of drug-likeness (QED) is 0.414. The van der Waals surface area contributed by atoms with Crippen molar-refractivity contribution in [3.63, 3.8) is 0 Å². The van der Waals surface area contributed by atoms with Crippen LogP contribution in [0.25, 0.3) is 10.2 Å². The number of para-hydroxylation sites is 2. The highest BCUT2D eigenvalue weighted by molar-refractivity contribution is 7.22. The number of carbonyl (C=O) groups excluding carboxylic acids is 2. The van der Waals surface area contributed by atoms with Crippen LogP contribution in [-0.4, -0.2) is 23.3 Å². The van der Waals surface area contributed by atoms with Crippen LogP contribution in [0.1, 0.15) is 17.3 Å². The fourth-order valence-electron chi connectivity index (χ4n) is 2.89. The number of aromatic nitrogens is 1. The summed E-state index contributed by atoms with van der Waals surface area (Å²) in [5.74, 6) is 0.349. The van der Waals surface area contributed by atoms with Gasteiger partial charge in [-0.2, -0.15) is 0 Å². The first kappa shape index (κ1) is 18.8. The zero-order valence-electron chi connectivity index (χ0n) is 15.7. The molecular formula is C23H18N2O3S. The number of Topliss-reactive ketones (excluding diaryl/α,β-unsaturated/α-hetero) is 1. The Balaban J connectivity index is 1.67. The Kier molecular flexibility index (Phi) is 5.35. The third-order valence-corrected chi connectivity index (χ3v) is 5.38. The van der Waals surface area contributed by atoms with E-state index >= 15 is 0 Å². The fraction of sp³-hybridized carbons (Fsp3) is 0.0870. The second-order valence-electron chi connectivity index (χ2n) is 6.40. The van der Waals surface area contributed by atoms with E-state index in [-0.39, 0.29) is 18.3 Å². The first-order valence-corrected chi connectivity index (χ1v) is 9.91. The van der Waals surface area contributed by atoms with Crippen molar-refractivity contribution in [3.8, 4) is 5.75 Å². The molecule has 1 amide bonds. The lowest BCUT2D eigenvalue weighted by atomic mass is 10.1. The first-order chi connectivity index (χ1) is 14.1. The molecule has 0 N–H and O–H groups in total. The number of fused-ring (bicyclic) bond motifs is 1. The highest BCUT2D eigenvalue weighted by atomic mass is 32.1. The van der Waals surface area contributed by atoms with Gasteiger partial charge in [0.25, 0.3) is 5.91 Å². The summed E-state index contributed by atoms with van der Waals surface area (Å²) in [6.45, 7) is 1.38. The molecule has 0 radical (unpaired) electrons. The molecule has 0 aliphatic rings. The lowest BCUT2D eigenvalue weighted by Crippen LogP contribution is -2.30. The molecule has 0 unspecified atom stereocenters. The smallest absolute Gasteiger partial charge is 0.271 e. The van der Waals surface area contributed by atoms with Gasteiger partial charge in [-0.1, -0.05) is 41.7 Å². The monoisotopic (exact) mass is 402 g/mol. The normalized spacial score (nSPS) is 10.7. The van der Waals surface area contributed by atoms with Crippen LogP contribution in [0.2, 0.25) is 0 Å². The van der Waals surface area contributed by atoms with Gasteiger partial charge in [0.15, 0.2) is 17.5 Å². The largest absolute Gasteiger partial charge is 0.484 e. The molecule has 4 rings (SSSR count). The van der Waals surface area contributed by atoms with Crippen LogP contribution < -0.4 is 9.64 Å². The van der Waals surface area contributed by atoms with Crippen molar-refractivity contribution in [2.75, 3.05) is 11.5 Å². The number of hydrogen-bond donors (Lipinski definition) is 0. The molecule has 0 atom stereocenters. The van der Waals surface area contributed by atoms with E-state index in [9.17, 15) is 9.59 Å². The summed E-state index contributed by atoms with van der Waals surface area (Å²) < 4.78 is 6.65. The molecule has 0 bridgehead atoms. The molecule has 0 aliphatic heterocycles. The predicted molar refractivity (Wildman–Crippen MR) is 115 cm³/mol.